The number of aryl methyl sites for hydroxylation is 1. The van der Waals surface area contributed by atoms with Crippen LogP contribution in [-0.2, 0) is 11.2 Å². The molecule has 0 aliphatic carbocycles. The Bertz CT molecular complexity index is 644. The van der Waals surface area contributed by atoms with E-state index in [1.54, 1.807) is 6.20 Å². The highest BCUT2D eigenvalue weighted by molar-refractivity contribution is 5.76. The molecule has 1 aromatic carbocycles. The van der Waals surface area contributed by atoms with Crippen LogP contribution in [-0.4, -0.2) is 28.6 Å². The van der Waals surface area contributed by atoms with Gasteiger partial charge in [-0.2, -0.15) is 0 Å². The summed E-state index contributed by atoms with van der Waals surface area (Å²) in [5, 5.41) is 12.3. The van der Waals surface area contributed by atoms with E-state index < -0.39 is 0 Å². The number of hydrogen-bond donors (Lipinski definition) is 2. The molecule has 0 bridgehead atoms. The van der Waals surface area contributed by atoms with Gasteiger partial charge in [0.1, 0.15) is 0 Å². The molecule has 0 aliphatic heterocycles. The number of carbonyl (C=O) groups is 1. The van der Waals surface area contributed by atoms with Crippen LogP contribution in [0, 0.1) is 5.41 Å². The number of aliphatic hydroxyl groups excluding tert-OH is 1. The standard InChI is InChI=1S/C19H26N2O3/c1-19(2,3)11-15(13-22)21-17(23)9-10-18-20-12-16(24-18)14-7-5-4-6-8-14/h4-8,12,15,22H,9-11,13H2,1-3H3,(H,21,23). The first-order chi connectivity index (χ1) is 11.4. The molecule has 0 fully saturated rings. The normalized spacial score (nSPS) is 12.8. The van der Waals surface area contributed by atoms with Gasteiger partial charge in [-0.25, -0.2) is 4.98 Å². The molecule has 1 heterocycles. The number of benzene rings is 1. The molecule has 1 amide bonds. The van der Waals surface area contributed by atoms with Crippen molar-refractivity contribution in [2.24, 2.45) is 5.41 Å². The zero-order chi connectivity index (χ0) is 17.6. The number of aromatic nitrogens is 1. The Morgan fingerprint density at radius 1 is 1.29 bits per heavy atom. The lowest BCUT2D eigenvalue weighted by molar-refractivity contribution is -0.122. The smallest absolute Gasteiger partial charge is 0.220 e. The summed E-state index contributed by atoms with van der Waals surface area (Å²) in [5.41, 5.74) is 1.01. The Morgan fingerprint density at radius 3 is 2.62 bits per heavy atom. The highest BCUT2D eigenvalue weighted by Gasteiger charge is 2.20. The summed E-state index contributed by atoms with van der Waals surface area (Å²) in [7, 11) is 0. The summed E-state index contributed by atoms with van der Waals surface area (Å²) in [4.78, 5) is 16.3. The summed E-state index contributed by atoms with van der Waals surface area (Å²) in [6.07, 6.45) is 3.13. The second-order valence-corrected chi connectivity index (χ2v) is 7.20. The monoisotopic (exact) mass is 330 g/mol. The Balaban J connectivity index is 1.85. The molecule has 0 spiro atoms. The van der Waals surface area contributed by atoms with Crippen molar-refractivity contribution < 1.29 is 14.3 Å². The molecular weight excluding hydrogens is 304 g/mol. The maximum atomic E-state index is 12.1. The van der Waals surface area contributed by atoms with E-state index in [2.05, 4.69) is 31.1 Å². The quantitative estimate of drug-likeness (QED) is 0.817. The van der Waals surface area contributed by atoms with E-state index in [-0.39, 0.29) is 30.4 Å². The van der Waals surface area contributed by atoms with Crippen molar-refractivity contribution in [1.29, 1.82) is 0 Å². The lowest BCUT2D eigenvalue weighted by Gasteiger charge is -2.25. The molecule has 1 atom stereocenters. The van der Waals surface area contributed by atoms with E-state index in [4.69, 9.17) is 4.42 Å². The Hall–Kier alpha value is -2.14. The number of aliphatic hydroxyl groups is 1. The first kappa shape index (κ1) is 18.2. The Kier molecular flexibility index (Phi) is 6.15. The van der Waals surface area contributed by atoms with E-state index in [9.17, 15) is 9.90 Å². The highest BCUT2D eigenvalue weighted by atomic mass is 16.4. The molecule has 0 saturated heterocycles. The number of nitrogens with zero attached hydrogens (tertiary/aromatic N) is 1. The van der Waals surface area contributed by atoms with Crippen LogP contribution in [0.1, 0.15) is 39.5 Å². The van der Waals surface area contributed by atoms with Crippen LogP contribution in [0.3, 0.4) is 0 Å². The lowest BCUT2D eigenvalue weighted by Crippen LogP contribution is -2.40. The molecule has 1 unspecified atom stereocenters. The first-order valence-electron chi connectivity index (χ1n) is 8.28. The minimum Gasteiger partial charge on any atom is -0.441 e. The third-order valence-corrected chi connectivity index (χ3v) is 3.62. The van der Waals surface area contributed by atoms with Crippen molar-refractivity contribution in [3.63, 3.8) is 0 Å². The van der Waals surface area contributed by atoms with Crippen molar-refractivity contribution in [2.45, 2.75) is 46.1 Å². The average molecular weight is 330 g/mol. The fourth-order valence-corrected chi connectivity index (χ4v) is 2.58. The predicted octanol–water partition coefficient (Wildman–Crippen LogP) is 3.19. The topological polar surface area (TPSA) is 75.4 Å². The van der Waals surface area contributed by atoms with Gasteiger partial charge in [0.05, 0.1) is 18.8 Å². The molecule has 5 nitrogen and oxygen atoms in total. The van der Waals surface area contributed by atoms with Gasteiger partial charge >= 0.3 is 0 Å². The van der Waals surface area contributed by atoms with E-state index in [1.807, 2.05) is 30.3 Å². The van der Waals surface area contributed by atoms with Crippen LogP contribution in [0.2, 0.25) is 0 Å². The molecular formula is C19H26N2O3. The SMILES string of the molecule is CC(C)(C)CC(CO)NC(=O)CCc1ncc(-c2ccccc2)o1. The minimum absolute atomic E-state index is 0.0494. The summed E-state index contributed by atoms with van der Waals surface area (Å²) in [6.45, 7) is 6.19. The second-order valence-electron chi connectivity index (χ2n) is 7.20. The van der Waals surface area contributed by atoms with Gasteiger partial charge in [0.15, 0.2) is 11.7 Å². The van der Waals surface area contributed by atoms with Gasteiger partial charge in [0.2, 0.25) is 5.91 Å². The fraction of sp³-hybridized carbons (Fsp3) is 0.474. The first-order valence-corrected chi connectivity index (χ1v) is 8.28. The fourth-order valence-electron chi connectivity index (χ4n) is 2.58. The van der Waals surface area contributed by atoms with Crippen LogP contribution in [0.15, 0.2) is 40.9 Å². The summed E-state index contributed by atoms with van der Waals surface area (Å²) >= 11 is 0. The Morgan fingerprint density at radius 2 is 2.00 bits per heavy atom. The summed E-state index contributed by atoms with van der Waals surface area (Å²) in [5.74, 6) is 1.14. The third kappa shape index (κ3) is 5.81. The molecule has 24 heavy (non-hydrogen) atoms. The average Bonchev–Trinajstić information content (AvgIpc) is 3.01. The van der Waals surface area contributed by atoms with Crippen molar-refractivity contribution >= 4 is 5.91 Å². The van der Waals surface area contributed by atoms with Crippen LogP contribution < -0.4 is 5.32 Å². The third-order valence-electron chi connectivity index (χ3n) is 3.62. The van der Waals surface area contributed by atoms with E-state index in [0.29, 0.717) is 18.1 Å². The number of amides is 1. The maximum Gasteiger partial charge on any atom is 0.220 e. The van der Waals surface area contributed by atoms with Crippen LogP contribution in [0.5, 0.6) is 0 Å². The minimum atomic E-state index is -0.220. The number of hydrogen-bond acceptors (Lipinski definition) is 4. The van der Waals surface area contributed by atoms with Gasteiger partial charge in [0, 0.05) is 18.4 Å². The number of rotatable bonds is 7. The lowest BCUT2D eigenvalue weighted by atomic mass is 9.88. The highest BCUT2D eigenvalue weighted by Crippen LogP contribution is 2.21. The number of nitrogens with one attached hydrogen (secondary N) is 1. The second kappa shape index (κ2) is 8.11. The molecule has 1 aromatic heterocycles. The van der Waals surface area contributed by atoms with E-state index in [1.165, 1.54) is 0 Å². The van der Waals surface area contributed by atoms with Gasteiger partial charge < -0.3 is 14.8 Å². The number of carbonyl (C=O) groups excluding carboxylic acids is 1. The van der Waals surface area contributed by atoms with Crippen molar-refractivity contribution in [3.05, 3.63) is 42.4 Å². The van der Waals surface area contributed by atoms with E-state index in [0.717, 1.165) is 12.0 Å². The summed E-state index contributed by atoms with van der Waals surface area (Å²) < 4.78 is 5.69. The largest absolute Gasteiger partial charge is 0.441 e. The van der Waals surface area contributed by atoms with Crippen LogP contribution >= 0.6 is 0 Å². The molecule has 0 saturated carbocycles. The molecule has 130 valence electrons. The zero-order valence-corrected chi connectivity index (χ0v) is 14.6. The molecule has 2 N–H and O–H groups in total. The Labute approximate surface area is 143 Å². The molecule has 2 aromatic rings. The van der Waals surface area contributed by atoms with Gasteiger partial charge in [-0.1, -0.05) is 51.1 Å². The molecule has 0 radical (unpaired) electrons. The number of oxazole rings is 1. The maximum absolute atomic E-state index is 12.1. The van der Waals surface area contributed by atoms with Gasteiger partial charge in [-0.05, 0) is 11.8 Å². The van der Waals surface area contributed by atoms with Crippen molar-refractivity contribution in [2.75, 3.05) is 6.61 Å². The summed E-state index contributed by atoms with van der Waals surface area (Å²) in [6, 6.07) is 9.51. The van der Waals surface area contributed by atoms with Gasteiger partial charge in [-0.15, -0.1) is 0 Å². The van der Waals surface area contributed by atoms with Crippen molar-refractivity contribution in [1.82, 2.24) is 10.3 Å². The van der Waals surface area contributed by atoms with Crippen LogP contribution in [0.4, 0.5) is 0 Å². The predicted molar refractivity (Wildman–Crippen MR) is 93.3 cm³/mol. The zero-order valence-electron chi connectivity index (χ0n) is 14.6. The van der Waals surface area contributed by atoms with Gasteiger partial charge in [0.25, 0.3) is 0 Å². The van der Waals surface area contributed by atoms with Crippen LogP contribution in [0.25, 0.3) is 11.3 Å². The van der Waals surface area contributed by atoms with Crippen molar-refractivity contribution in [3.8, 4) is 11.3 Å². The molecule has 5 heteroatoms. The molecule has 0 aliphatic rings. The van der Waals surface area contributed by atoms with Gasteiger partial charge in [-0.3, -0.25) is 4.79 Å². The molecule has 2 rings (SSSR count). The van der Waals surface area contributed by atoms with E-state index >= 15 is 0 Å².